The van der Waals surface area contributed by atoms with Crippen molar-refractivity contribution in [2.45, 2.75) is 36.9 Å². The van der Waals surface area contributed by atoms with Crippen LogP contribution in [0.2, 0.25) is 0 Å². The molecule has 0 bridgehead atoms. The fourth-order valence-corrected chi connectivity index (χ4v) is 5.48. The quantitative estimate of drug-likeness (QED) is 0.772. The van der Waals surface area contributed by atoms with Gasteiger partial charge in [0.05, 0.1) is 0 Å². The first-order chi connectivity index (χ1) is 10.5. The molecule has 1 amide bonds. The molecular formula is C18H21Cl2NO. The van der Waals surface area contributed by atoms with Gasteiger partial charge in [-0.15, -0.1) is 23.2 Å². The Kier molecular flexibility index (Phi) is 3.47. The average Bonchev–Trinajstić information content (AvgIpc) is 3.23. The van der Waals surface area contributed by atoms with Crippen molar-refractivity contribution in [2.24, 2.45) is 29.6 Å². The van der Waals surface area contributed by atoms with Crippen molar-refractivity contribution in [2.75, 3.05) is 5.32 Å². The number of carbonyl (C=O) groups is 1. The van der Waals surface area contributed by atoms with E-state index in [2.05, 4.69) is 5.32 Å². The van der Waals surface area contributed by atoms with Gasteiger partial charge in [0, 0.05) is 11.6 Å². The van der Waals surface area contributed by atoms with E-state index in [4.69, 9.17) is 23.2 Å². The second-order valence-electron chi connectivity index (χ2n) is 7.25. The van der Waals surface area contributed by atoms with Crippen LogP contribution in [0.15, 0.2) is 24.3 Å². The van der Waals surface area contributed by atoms with E-state index in [1.54, 1.807) is 0 Å². The van der Waals surface area contributed by atoms with Crippen molar-refractivity contribution in [1.82, 2.24) is 0 Å². The third kappa shape index (κ3) is 2.45. The molecule has 0 spiro atoms. The summed E-state index contributed by atoms with van der Waals surface area (Å²) in [5.41, 5.74) is 2.08. The topological polar surface area (TPSA) is 29.1 Å². The molecule has 0 heterocycles. The lowest BCUT2D eigenvalue weighted by molar-refractivity contribution is -0.117. The molecule has 118 valence electrons. The molecule has 3 aliphatic rings. The normalized spacial score (nSPS) is 38.0. The molecule has 0 aromatic heterocycles. The highest BCUT2D eigenvalue weighted by Crippen LogP contribution is 2.67. The van der Waals surface area contributed by atoms with Crippen LogP contribution in [-0.2, 0) is 4.79 Å². The maximum atomic E-state index is 12.5. The lowest BCUT2D eigenvalue weighted by atomic mass is 10.0. The van der Waals surface area contributed by atoms with Gasteiger partial charge in [0.15, 0.2) is 0 Å². The smallest absolute Gasteiger partial charge is 0.228 e. The zero-order chi connectivity index (χ0) is 15.5. The van der Waals surface area contributed by atoms with E-state index in [1.165, 1.54) is 5.56 Å². The Morgan fingerprint density at radius 2 is 1.77 bits per heavy atom. The van der Waals surface area contributed by atoms with Crippen molar-refractivity contribution in [3.63, 3.8) is 0 Å². The van der Waals surface area contributed by atoms with Gasteiger partial charge < -0.3 is 5.32 Å². The number of anilines is 1. The van der Waals surface area contributed by atoms with Crippen molar-refractivity contribution >= 4 is 34.8 Å². The van der Waals surface area contributed by atoms with Gasteiger partial charge in [0.2, 0.25) is 5.91 Å². The van der Waals surface area contributed by atoms with Crippen LogP contribution in [0, 0.1) is 36.5 Å². The molecule has 5 atom stereocenters. The number of hydrogen-bond donors (Lipinski definition) is 1. The second-order valence-corrected chi connectivity index (χ2v) is 8.70. The Bertz CT molecular complexity index is 593. The van der Waals surface area contributed by atoms with Gasteiger partial charge in [-0.1, -0.05) is 12.1 Å². The summed E-state index contributed by atoms with van der Waals surface area (Å²) in [5, 5.41) is 3.09. The summed E-state index contributed by atoms with van der Waals surface area (Å²) in [7, 11) is 0. The molecule has 1 N–H and O–H groups in total. The molecule has 1 unspecified atom stereocenters. The van der Waals surface area contributed by atoms with Crippen LogP contribution in [0.4, 0.5) is 5.69 Å². The van der Waals surface area contributed by atoms with Crippen molar-refractivity contribution in [3.05, 3.63) is 29.8 Å². The largest absolute Gasteiger partial charge is 0.326 e. The number of nitrogens with one attached hydrogen (secondary N) is 1. The number of halogens is 2. The summed E-state index contributed by atoms with van der Waals surface area (Å²) in [6.45, 7) is 2.04. The molecule has 1 aromatic carbocycles. The maximum Gasteiger partial charge on any atom is 0.228 e. The van der Waals surface area contributed by atoms with Gasteiger partial charge in [-0.25, -0.2) is 0 Å². The molecule has 3 fully saturated rings. The zero-order valence-corrected chi connectivity index (χ0v) is 14.2. The molecule has 3 saturated carbocycles. The molecule has 4 rings (SSSR count). The molecule has 0 radical (unpaired) electrons. The number of rotatable bonds is 2. The van der Waals surface area contributed by atoms with E-state index in [1.807, 2.05) is 31.2 Å². The Hall–Kier alpha value is -0.730. The van der Waals surface area contributed by atoms with Gasteiger partial charge in [0.1, 0.15) is 4.33 Å². The summed E-state index contributed by atoms with van der Waals surface area (Å²) >= 11 is 12.7. The third-order valence-corrected chi connectivity index (χ3v) is 7.03. The molecule has 0 saturated heterocycles. The van der Waals surface area contributed by atoms with Crippen molar-refractivity contribution in [1.29, 1.82) is 0 Å². The van der Waals surface area contributed by atoms with Crippen LogP contribution in [0.25, 0.3) is 0 Å². The van der Waals surface area contributed by atoms with Crippen LogP contribution < -0.4 is 5.32 Å². The number of hydrogen-bond acceptors (Lipinski definition) is 1. The number of aryl methyl sites for hydroxylation is 1. The minimum atomic E-state index is -0.476. The fraction of sp³-hybridized carbons (Fsp3) is 0.611. The molecule has 4 heteroatoms. The standard InChI is InChI=1S/C18H21Cl2NO/c1-10-3-2-4-11(9-10)21-17(22)16-12-5-7-14-15(18(14,19)20)8-6-13(12)16/h2-4,9,12-16H,5-8H2,1H3,(H,21,22)/t12-,13+,14-,15+,16?. The molecule has 0 aliphatic heterocycles. The third-order valence-electron chi connectivity index (χ3n) is 5.91. The van der Waals surface area contributed by atoms with Crippen molar-refractivity contribution in [3.8, 4) is 0 Å². The van der Waals surface area contributed by atoms with E-state index < -0.39 is 4.33 Å². The maximum absolute atomic E-state index is 12.5. The number of benzene rings is 1. The highest BCUT2D eigenvalue weighted by Gasteiger charge is 2.65. The minimum absolute atomic E-state index is 0.193. The van der Waals surface area contributed by atoms with E-state index in [-0.39, 0.29) is 11.8 Å². The second kappa shape index (κ2) is 5.14. The van der Waals surface area contributed by atoms with Gasteiger partial charge in [-0.2, -0.15) is 0 Å². The predicted octanol–water partition coefficient (Wildman–Crippen LogP) is 4.79. The van der Waals surface area contributed by atoms with Gasteiger partial charge in [0.25, 0.3) is 0 Å². The highest BCUT2D eigenvalue weighted by atomic mass is 35.5. The SMILES string of the molecule is Cc1cccc(NC(=O)C2[C@H]3CC[C@H]4[C@@H](CC[C@@H]23)C4(Cl)Cl)c1. The number of carbonyl (C=O) groups excluding carboxylic acids is 1. The van der Waals surface area contributed by atoms with Gasteiger partial charge >= 0.3 is 0 Å². The predicted molar refractivity (Wildman–Crippen MR) is 90.2 cm³/mol. The lowest BCUT2D eigenvalue weighted by Crippen LogP contribution is -2.15. The minimum Gasteiger partial charge on any atom is -0.326 e. The van der Waals surface area contributed by atoms with Crippen LogP contribution in [-0.4, -0.2) is 10.2 Å². The highest BCUT2D eigenvalue weighted by molar-refractivity contribution is 6.51. The van der Waals surface area contributed by atoms with E-state index in [0.717, 1.165) is 31.4 Å². The first kappa shape index (κ1) is 14.8. The Balaban J connectivity index is 1.38. The molecule has 1 aromatic rings. The Labute approximate surface area is 141 Å². The van der Waals surface area contributed by atoms with Gasteiger partial charge in [-0.3, -0.25) is 4.79 Å². The van der Waals surface area contributed by atoms with Gasteiger partial charge in [-0.05, 0) is 74.0 Å². The van der Waals surface area contributed by atoms with Crippen LogP contribution in [0.3, 0.4) is 0 Å². The van der Waals surface area contributed by atoms with Crippen molar-refractivity contribution < 1.29 is 4.79 Å². The van der Waals surface area contributed by atoms with Crippen LogP contribution >= 0.6 is 23.2 Å². The molecular weight excluding hydrogens is 317 g/mol. The summed E-state index contributed by atoms with van der Waals surface area (Å²) in [4.78, 5) is 12.5. The summed E-state index contributed by atoms with van der Waals surface area (Å²) in [6.07, 6.45) is 4.35. The van der Waals surface area contributed by atoms with Crippen LogP contribution in [0.5, 0.6) is 0 Å². The van der Waals surface area contributed by atoms with Crippen LogP contribution in [0.1, 0.15) is 31.2 Å². The Morgan fingerprint density at radius 1 is 1.14 bits per heavy atom. The average molecular weight is 338 g/mol. The monoisotopic (exact) mass is 337 g/mol. The lowest BCUT2D eigenvalue weighted by Gasteiger charge is -2.06. The zero-order valence-electron chi connectivity index (χ0n) is 12.7. The Morgan fingerprint density at radius 3 is 2.36 bits per heavy atom. The molecule has 3 aliphatic carbocycles. The summed E-state index contributed by atoms with van der Waals surface area (Å²) in [5.74, 6) is 2.37. The van der Waals surface area contributed by atoms with E-state index in [9.17, 15) is 4.79 Å². The molecule has 22 heavy (non-hydrogen) atoms. The fourth-order valence-electron chi connectivity index (χ4n) is 4.56. The van der Waals surface area contributed by atoms with E-state index in [0.29, 0.717) is 23.7 Å². The first-order valence-corrected chi connectivity index (χ1v) is 8.99. The number of amides is 1. The first-order valence-electron chi connectivity index (χ1n) is 8.24. The number of fused-ring (bicyclic) bond motifs is 2. The molecule has 2 nitrogen and oxygen atoms in total. The number of alkyl halides is 2. The summed E-state index contributed by atoms with van der Waals surface area (Å²) in [6, 6.07) is 8.00. The summed E-state index contributed by atoms with van der Waals surface area (Å²) < 4.78 is -0.476. The van der Waals surface area contributed by atoms with E-state index >= 15 is 0 Å².